The molecule has 1 aliphatic rings. The minimum Gasteiger partial charge on any atom is -0.462 e. The molecule has 1 N–H and O–H groups in total. The number of rotatable bonds is 3. The van der Waals surface area contributed by atoms with Crippen molar-refractivity contribution in [1.29, 1.82) is 0 Å². The number of ether oxygens (including phenoxy) is 1. The lowest BCUT2D eigenvalue weighted by Gasteiger charge is -2.32. The Hall–Kier alpha value is -1.69. The van der Waals surface area contributed by atoms with Gasteiger partial charge in [0.05, 0.1) is 17.9 Å². The number of nitrogens with zero attached hydrogens (tertiary/aromatic N) is 3. The van der Waals surface area contributed by atoms with Gasteiger partial charge in [-0.15, -0.1) is 0 Å². The largest absolute Gasteiger partial charge is 0.462 e. The van der Waals surface area contributed by atoms with Crippen molar-refractivity contribution in [3.63, 3.8) is 0 Å². The van der Waals surface area contributed by atoms with E-state index in [0.717, 1.165) is 19.6 Å². The van der Waals surface area contributed by atoms with E-state index in [1.807, 2.05) is 6.92 Å². The summed E-state index contributed by atoms with van der Waals surface area (Å²) in [6, 6.07) is 0.419. The highest BCUT2D eigenvalue weighted by Gasteiger charge is 2.20. The predicted octanol–water partition coefficient (Wildman–Crippen LogP) is 0.760. The Morgan fingerprint density at radius 3 is 3.05 bits per heavy atom. The molecule has 6 nitrogen and oxygen atoms in total. The van der Waals surface area contributed by atoms with Crippen LogP contribution in [0.5, 0.6) is 0 Å². The normalized spacial score (nSPS) is 19.3. The monoisotopic (exact) mass is 264 g/mol. The lowest BCUT2D eigenvalue weighted by atomic mass is 10.2. The Balaban J connectivity index is 2.16. The Morgan fingerprint density at radius 2 is 2.42 bits per heavy atom. The maximum absolute atomic E-state index is 11.7. The summed E-state index contributed by atoms with van der Waals surface area (Å²) in [4.78, 5) is 22.5. The minimum atomic E-state index is -0.361. The smallest absolute Gasteiger partial charge is 0.341 e. The fourth-order valence-electron chi connectivity index (χ4n) is 2.13. The SMILES string of the molecule is CCOC(=O)c1cnc(N2CCN[C@@H](C)C2)nc1C. The first-order valence-corrected chi connectivity index (χ1v) is 6.61. The van der Waals surface area contributed by atoms with Crippen LogP contribution in [0.25, 0.3) is 0 Å². The zero-order valence-corrected chi connectivity index (χ0v) is 11.6. The van der Waals surface area contributed by atoms with Crippen molar-refractivity contribution in [3.05, 3.63) is 17.5 Å². The Bertz CT molecular complexity index is 464. The molecule has 19 heavy (non-hydrogen) atoms. The molecule has 1 fully saturated rings. The van der Waals surface area contributed by atoms with Crippen LogP contribution in [-0.2, 0) is 4.74 Å². The van der Waals surface area contributed by atoms with Crippen LogP contribution in [0.4, 0.5) is 5.95 Å². The highest BCUT2D eigenvalue weighted by atomic mass is 16.5. The van der Waals surface area contributed by atoms with Gasteiger partial charge in [-0.05, 0) is 20.8 Å². The number of hydrogen-bond acceptors (Lipinski definition) is 6. The van der Waals surface area contributed by atoms with E-state index in [2.05, 4.69) is 27.1 Å². The van der Waals surface area contributed by atoms with Crippen LogP contribution in [0.3, 0.4) is 0 Å². The Kier molecular flexibility index (Phi) is 4.31. The number of esters is 1. The maximum atomic E-state index is 11.7. The summed E-state index contributed by atoms with van der Waals surface area (Å²) < 4.78 is 4.97. The first-order chi connectivity index (χ1) is 9.11. The molecular formula is C13H20N4O2. The molecule has 1 aromatic rings. The molecular weight excluding hydrogens is 244 g/mol. The van der Waals surface area contributed by atoms with Gasteiger partial charge in [-0.1, -0.05) is 0 Å². The van der Waals surface area contributed by atoms with E-state index in [0.29, 0.717) is 29.9 Å². The molecule has 104 valence electrons. The van der Waals surface area contributed by atoms with Crippen molar-refractivity contribution < 1.29 is 9.53 Å². The van der Waals surface area contributed by atoms with Crippen LogP contribution in [0.1, 0.15) is 29.9 Å². The zero-order valence-electron chi connectivity index (χ0n) is 11.6. The van der Waals surface area contributed by atoms with Crippen LogP contribution in [0.2, 0.25) is 0 Å². The molecule has 1 aromatic heterocycles. The third-order valence-electron chi connectivity index (χ3n) is 3.11. The number of piperazine rings is 1. The average molecular weight is 264 g/mol. The molecule has 0 unspecified atom stereocenters. The minimum absolute atomic E-state index is 0.356. The van der Waals surface area contributed by atoms with Gasteiger partial charge in [-0.25, -0.2) is 14.8 Å². The van der Waals surface area contributed by atoms with Gasteiger partial charge < -0.3 is 15.0 Å². The van der Waals surface area contributed by atoms with Crippen molar-refractivity contribution in [1.82, 2.24) is 15.3 Å². The molecule has 6 heteroatoms. The van der Waals surface area contributed by atoms with Gasteiger partial charge in [0.15, 0.2) is 0 Å². The van der Waals surface area contributed by atoms with Crippen LogP contribution < -0.4 is 10.2 Å². The molecule has 2 heterocycles. The van der Waals surface area contributed by atoms with Gasteiger partial charge in [0, 0.05) is 31.9 Å². The fourth-order valence-corrected chi connectivity index (χ4v) is 2.13. The van der Waals surface area contributed by atoms with Gasteiger partial charge in [-0.3, -0.25) is 0 Å². The molecule has 0 spiro atoms. The molecule has 2 rings (SSSR count). The van der Waals surface area contributed by atoms with Gasteiger partial charge in [0.2, 0.25) is 5.95 Å². The topological polar surface area (TPSA) is 67.3 Å². The number of carbonyl (C=O) groups excluding carboxylic acids is 1. The number of anilines is 1. The van der Waals surface area contributed by atoms with E-state index >= 15 is 0 Å². The average Bonchev–Trinajstić information content (AvgIpc) is 2.38. The second-order valence-corrected chi connectivity index (χ2v) is 4.69. The van der Waals surface area contributed by atoms with Crippen LogP contribution in [-0.4, -0.2) is 48.2 Å². The standard InChI is InChI=1S/C13H20N4O2/c1-4-19-12(18)11-7-15-13(16-10(11)3)17-6-5-14-9(2)8-17/h7,9,14H,4-6,8H2,1-3H3/t9-/m0/s1. The molecule has 0 amide bonds. The van der Waals surface area contributed by atoms with Crippen molar-refractivity contribution in [2.45, 2.75) is 26.8 Å². The van der Waals surface area contributed by atoms with Gasteiger partial charge in [-0.2, -0.15) is 0 Å². The number of aromatic nitrogens is 2. The molecule has 0 radical (unpaired) electrons. The molecule has 1 saturated heterocycles. The number of aryl methyl sites for hydroxylation is 1. The summed E-state index contributed by atoms with van der Waals surface area (Å²) in [5.41, 5.74) is 1.10. The van der Waals surface area contributed by atoms with E-state index in [1.54, 1.807) is 13.1 Å². The molecule has 1 aliphatic heterocycles. The van der Waals surface area contributed by atoms with E-state index in [9.17, 15) is 4.79 Å². The summed E-state index contributed by atoms with van der Waals surface area (Å²) >= 11 is 0. The van der Waals surface area contributed by atoms with Gasteiger partial charge in [0.1, 0.15) is 0 Å². The number of hydrogen-bond donors (Lipinski definition) is 1. The lowest BCUT2D eigenvalue weighted by Crippen LogP contribution is -2.49. The van der Waals surface area contributed by atoms with Gasteiger partial charge >= 0.3 is 5.97 Å². The highest BCUT2D eigenvalue weighted by molar-refractivity contribution is 5.90. The second kappa shape index (κ2) is 5.97. The van der Waals surface area contributed by atoms with Crippen molar-refractivity contribution >= 4 is 11.9 Å². The third kappa shape index (κ3) is 3.20. The first kappa shape index (κ1) is 13.7. The maximum Gasteiger partial charge on any atom is 0.341 e. The molecule has 1 atom stereocenters. The Labute approximate surface area is 113 Å². The summed E-state index contributed by atoms with van der Waals surface area (Å²) in [6.07, 6.45) is 1.56. The molecule has 0 saturated carbocycles. The third-order valence-corrected chi connectivity index (χ3v) is 3.11. The number of carbonyl (C=O) groups is 1. The summed E-state index contributed by atoms with van der Waals surface area (Å²) in [7, 11) is 0. The lowest BCUT2D eigenvalue weighted by molar-refractivity contribution is 0.0524. The van der Waals surface area contributed by atoms with Crippen LogP contribution in [0, 0.1) is 6.92 Å². The van der Waals surface area contributed by atoms with E-state index in [4.69, 9.17) is 4.74 Å². The summed E-state index contributed by atoms with van der Waals surface area (Å²) in [5.74, 6) is 0.319. The van der Waals surface area contributed by atoms with Crippen LogP contribution in [0.15, 0.2) is 6.20 Å². The van der Waals surface area contributed by atoms with Crippen molar-refractivity contribution in [2.24, 2.45) is 0 Å². The zero-order chi connectivity index (χ0) is 13.8. The summed E-state index contributed by atoms with van der Waals surface area (Å²) in [6.45, 7) is 8.75. The number of nitrogens with one attached hydrogen (secondary N) is 1. The van der Waals surface area contributed by atoms with Crippen molar-refractivity contribution in [2.75, 3.05) is 31.1 Å². The Morgan fingerprint density at radius 1 is 1.63 bits per heavy atom. The molecule has 0 aromatic carbocycles. The van der Waals surface area contributed by atoms with E-state index < -0.39 is 0 Å². The van der Waals surface area contributed by atoms with Gasteiger partial charge in [0.25, 0.3) is 0 Å². The predicted molar refractivity (Wildman–Crippen MR) is 72.4 cm³/mol. The fraction of sp³-hybridized carbons (Fsp3) is 0.615. The van der Waals surface area contributed by atoms with Crippen LogP contribution >= 0.6 is 0 Å². The van der Waals surface area contributed by atoms with E-state index in [1.165, 1.54) is 0 Å². The molecule has 0 aliphatic carbocycles. The summed E-state index contributed by atoms with van der Waals surface area (Å²) in [5, 5.41) is 3.37. The first-order valence-electron chi connectivity index (χ1n) is 6.61. The molecule has 0 bridgehead atoms. The quantitative estimate of drug-likeness (QED) is 0.813. The van der Waals surface area contributed by atoms with E-state index in [-0.39, 0.29) is 5.97 Å². The second-order valence-electron chi connectivity index (χ2n) is 4.69. The highest BCUT2D eigenvalue weighted by Crippen LogP contribution is 2.14. The van der Waals surface area contributed by atoms with Crippen molar-refractivity contribution in [3.8, 4) is 0 Å².